The average Bonchev–Trinajstić information content (AvgIpc) is 2.06. The Balaban J connectivity index is 2.54. The van der Waals surface area contributed by atoms with E-state index in [0.717, 1.165) is 4.47 Å². The number of nitrogens with one attached hydrogen (secondary N) is 1. The molecule has 1 rings (SSSR count). The van der Waals surface area contributed by atoms with Crippen LogP contribution in [0.15, 0.2) is 33.8 Å². The molecule has 1 aromatic carbocycles. The third-order valence-corrected chi connectivity index (χ3v) is 1.78. The molecular formula is C8H6BrF3N2. The van der Waals surface area contributed by atoms with E-state index in [0.29, 0.717) is 5.69 Å². The van der Waals surface area contributed by atoms with Gasteiger partial charge in [-0.1, -0.05) is 15.9 Å². The zero-order valence-electron chi connectivity index (χ0n) is 6.85. The van der Waals surface area contributed by atoms with Crippen molar-refractivity contribution in [3.8, 4) is 0 Å². The summed E-state index contributed by atoms with van der Waals surface area (Å²) in [5.74, 6) is 0. The largest absolute Gasteiger partial charge is 0.428 e. The summed E-state index contributed by atoms with van der Waals surface area (Å²) >= 11 is 3.20. The molecule has 76 valence electrons. The number of benzene rings is 1. The number of halogens is 4. The quantitative estimate of drug-likeness (QED) is 0.644. The Morgan fingerprint density at radius 2 is 1.79 bits per heavy atom. The summed E-state index contributed by atoms with van der Waals surface area (Å²) in [6.07, 6.45) is -4.49. The van der Waals surface area contributed by atoms with Crippen LogP contribution in [0.5, 0.6) is 0 Å². The van der Waals surface area contributed by atoms with Crippen molar-refractivity contribution < 1.29 is 13.2 Å². The minimum atomic E-state index is -4.39. The Hall–Kier alpha value is -1.04. The predicted molar refractivity (Wildman–Crippen MR) is 52.3 cm³/mol. The smallest absolute Gasteiger partial charge is 0.279 e. The molecule has 0 unspecified atom stereocenters. The molecule has 0 aliphatic carbocycles. The van der Waals surface area contributed by atoms with Crippen LogP contribution in [0.4, 0.5) is 18.9 Å². The second kappa shape index (κ2) is 4.45. The van der Waals surface area contributed by atoms with Crippen LogP contribution in [-0.4, -0.2) is 12.4 Å². The minimum Gasteiger partial charge on any atom is -0.279 e. The van der Waals surface area contributed by atoms with E-state index in [-0.39, 0.29) is 6.21 Å². The van der Waals surface area contributed by atoms with Crippen molar-refractivity contribution in [3.05, 3.63) is 28.7 Å². The first-order valence-electron chi connectivity index (χ1n) is 3.60. The normalized spacial score (nSPS) is 12.0. The van der Waals surface area contributed by atoms with Crippen molar-refractivity contribution in [2.75, 3.05) is 5.43 Å². The molecule has 0 atom stereocenters. The summed E-state index contributed by atoms with van der Waals surface area (Å²) in [5, 5.41) is 3.03. The summed E-state index contributed by atoms with van der Waals surface area (Å²) < 4.78 is 35.7. The molecule has 0 saturated heterocycles. The van der Waals surface area contributed by atoms with Gasteiger partial charge < -0.3 is 0 Å². The molecule has 14 heavy (non-hydrogen) atoms. The van der Waals surface area contributed by atoms with Crippen LogP contribution >= 0.6 is 15.9 Å². The molecule has 1 N–H and O–H groups in total. The molecule has 6 heteroatoms. The van der Waals surface area contributed by atoms with Gasteiger partial charge in [-0.05, 0) is 24.3 Å². The first-order valence-corrected chi connectivity index (χ1v) is 4.39. The fourth-order valence-corrected chi connectivity index (χ4v) is 0.969. The van der Waals surface area contributed by atoms with Crippen molar-refractivity contribution in [2.24, 2.45) is 5.10 Å². The first kappa shape index (κ1) is 11.0. The lowest BCUT2D eigenvalue weighted by Crippen LogP contribution is -2.09. The monoisotopic (exact) mass is 266 g/mol. The molecule has 0 aliphatic rings. The Morgan fingerprint density at radius 1 is 1.21 bits per heavy atom. The number of hydrazone groups is 1. The van der Waals surface area contributed by atoms with Gasteiger partial charge in [-0.15, -0.1) is 0 Å². The zero-order valence-corrected chi connectivity index (χ0v) is 8.43. The highest BCUT2D eigenvalue weighted by Gasteiger charge is 2.23. The minimum absolute atomic E-state index is 0.102. The Labute approximate surface area is 86.9 Å². The van der Waals surface area contributed by atoms with Crippen molar-refractivity contribution in [1.29, 1.82) is 0 Å². The molecule has 0 saturated carbocycles. The predicted octanol–water partition coefficient (Wildman–Crippen LogP) is 3.41. The van der Waals surface area contributed by atoms with Crippen molar-refractivity contribution >= 4 is 27.8 Å². The molecule has 0 aromatic heterocycles. The Bertz CT molecular complexity index is 318. The van der Waals surface area contributed by atoms with E-state index in [1.807, 2.05) is 0 Å². The van der Waals surface area contributed by atoms with Crippen molar-refractivity contribution in [1.82, 2.24) is 0 Å². The number of alkyl halides is 3. The van der Waals surface area contributed by atoms with Gasteiger partial charge in [0.15, 0.2) is 0 Å². The molecule has 0 bridgehead atoms. The Morgan fingerprint density at radius 3 is 2.29 bits per heavy atom. The van der Waals surface area contributed by atoms with Crippen LogP contribution in [0.3, 0.4) is 0 Å². The van der Waals surface area contributed by atoms with Gasteiger partial charge in [-0.3, -0.25) is 5.43 Å². The molecule has 0 aliphatic heterocycles. The molecule has 1 aromatic rings. The first-order chi connectivity index (χ1) is 6.47. The van der Waals surface area contributed by atoms with Gasteiger partial charge in [0.05, 0.1) is 5.69 Å². The number of hydrogen-bond acceptors (Lipinski definition) is 2. The topological polar surface area (TPSA) is 24.4 Å². The van der Waals surface area contributed by atoms with Gasteiger partial charge in [-0.25, -0.2) is 0 Å². The van der Waals surface area contributed by atoms with Crippen LogP contribution in [0, 0.1) is 0 Å². The molecular weight excluding hydrogens is 261 g/mol. The molecule has 0 amide bonds. The van der Waals surface area contributed by atoms with Gasteiger partial charge >= 0.3 is 6.18 Å². The van der Waals surface area contributed by atoms with Crippen LogP contribution < -0.4 is 5.43 Å². The van der Waals surface area contributed by atoms with Gasteiger partial charge in [0.25, 0.3) is 0 Å². The lowest BCUT2D eigenvalue weighted by molar-refractivity contribution is -0.0536. The van der Waals surface area contributed by atoms with Gasteiger partial charge in [0, 0.05) is 4.47 Å². The zero-order chi connectivity index (χ0) is 10.6. The van der Waals surface area contributed by atoms with E-state index in [4.69, 9.17) is 0 Å². The molecule has 2 nitrogen and oxygen atoms in total. The highest BCUT2D eigenvalue weighted by Crippen LogP contribution is 2.15. The summed E-state index contributed by atoms with van der Waals surface area (Å²) in [4.78, 5) is 0. The lowest BCUT2D eigenvalue weighted by atomic mass is 10.3. The average molecular weight is 267 g/mol. The van der Waals surface area contributed by atoms with Crippen LogP contribution in [-0.2, 0) is 0 Å². The maximum Gasteiger partial charge on any atom is 0.428 e. The van der Waals surface area contributed by atoms with Gasteiger partial charge in [-0.2, -0.15) is 18.3 Å². The van der Waals surface area contributed by atoms with Crippen LogP contribution in [0.2, 0.25) is 0 Å². The summed E-state index contributed by atoms with van der Waals surface area (Å²) in [6.45, 7) is 0. The summed E-state index contributed by atoms with van der Waals surface area (Å²) in [7, 11) is 0. The van der Waals surface area contributed by atoms with Crippen molar-refractivity contribution in [3.63, 3.8) is 0 Å². The molecule has 0 spiro atoms. The summed E-state index contributed by atoms with van der Waals surface area (Å²) in [6, 6.07) is 6.62. The fourth-order valence-electron chi connectivity index (χ4n) is 0.704. The maximum absolute atomic E-state index is 11.6. The molecule has 0 heterocycles. The van der Waals surface area contributed by atoms with Crippen molar-refractivity contribution in [2.45, 2.75) is 6.18 Å². The lowest BCUT2D eigenvalue weighted by Gasteiger charge is -2.00. The van der Waals surface area contributed by atoms with E-state index < -0.39 is 6.18 Å². The highest BCUT2D eigenvalue weighted by molar-refractivity contribution is 9.10. The molecule has 0 fully saturated rings. The van der Waals surface area contributed by atoms with E-state index >= 15 is 0 Å². The van der Waals surface area contributed by atoms with E-state index in [1.54, 1.807) is 24.3 Å². The van der Waals surface area contributed by atoms with E-state index in [2.05, 4.69) is 26.5 Å². The van der Waals surface area contributed by atoms with Crippen LogP contribution in [0.1, 0.15) is 0 Å². The third kappa shape index (κ3) is 4.27. The summed E-state index contributed by atoms with van der Waals surface area (Å²) in [5.41, 5.74) is 2.75. The third-order valence-electron chi connectivity index (χ3n) is 1.25. The number of nitrogens with zero attached hydrogens (tertiary/aromatic N) is 1. The Kier molecular flexibility index (Phi) is 3.51. The number of rotatable bonds is 2. The SMILES string of the molecule is FC(F)(F)C=NNc1ccc(Br)cc1. The molecule has 0 radical (unpaired) electrons. The number of anilines is 1. The highest BCUT2D eigenvalue weighted by atomic mass is 79.9. The van der Waals surface area contributed by atoms with E-state index in [1.165, 1.54) is 0 Å². The van der Waals surface area contributed by atoms with Gasteiger partial charge in [0.2, 0.25) is 0 Å². The van der Waals surface area contributed by atoms with Crippen LogP contribution in [0.25, 0.3) is 0 Å². The van der Waals surface area contributed by atoms with E-state index in [9.17, 15) is 13.2 Å². The standard InChI is InChI=1S/C8H6BrF3N2/c9-6-1-3-7(4-2-6)14-13-5-8(10,11)12/h1-5,14H. The maximum atomic E-state index is 11.6. The number of hydrogen-bond donors (Lipinski definition) is 1. The second-order valence-corrected chi connectivity index (χ2v) is 3.33. The fraction of sp³-hybridized carbons (Fsp3) is 0.125. The van der Waals surface area contributed by atoms with Gasteiger partial charge in [0.1, 0.15) is 6.21 Å². The second-order valence-electron chi connectivity index (χ2n) is 2.42.